The molecule has 0 spiro atoms. The van der Waals surface area contributed by atoms with Crippen molar-refractivity contribution >= 4 is 22.6 Å². The van der Waals surface area contributed by atoms with E-state index in [-0.39, 0.29) is 11.7 Å². The Morgan fingerprint density at radius 3 is 2.63 bits per heavy atom. The van der Waals surface area contributed by atoms with Crippen LogP contribution in [0.2, 0.25) is 0 Å². The van der Waals surface area contributed by atoms with Gasteiger partial charge in [-0.15, -0.1) is 0 Å². The zero-order valence-corrected chi connectivity index (χ0v) is 23.1. The van der Waals surface area contributed by atoms with Gasteiger partial charge in [0.25, 0.3) is 5.91 Å². The van der Waals surface area contributed by atoms with Crippen LogP contribution in [0.25, 0.3) is 33.5 Å². The van der Waals surface area contributed by atoms with E-state index in [2.05, 4.69) is 61.1 Å². The number of aromatic amines is 2. The number of aryl methyl sites for hydroxylation is 1. The number of nitrogens with one attached hydrogen (secondary N) is 2. The van der Waals surface area contributed by atoms with Gasteiger partial charge in [-0.3, -0.25) is 9.89 Å². The first-order valence-electron chi connectivity index (χ1n) is 13.9. The van der Waals surface area contributed by atoms with Gasteiger partial charge in [0.15, 0.2) is 5.82 Å². The van der Waals surface area contributed by atoms with E-state index < -0.39 is 0 Å². The highest BCUT2D eigenvalue weighted by atomic mass is 16.3. The van der Waals surface area contributed by atoms with Crippen LogP contribution in [0.4, 0.5) is 5.82 Å². The van der Waals surface area contributed by atoms with Gasteiger partial charge in [0, 0.05) is 31.6 Å². The molecule has 5 heterocycles. The molecule has 0 atom stereocenters. The van der Waals surface area contributed by atoms with Crippen molar-refractivity contribution in [3.63, 3.8) is 0 Å². The number of likely N-dealkylation sites (N-methyl/N-ethyl adjacent to an activating group) is 1. The molecule has 1 saturated heterocycles. The zero-order valence-electron chi connectivity index (χ0n) is 23.1. The zero-order chi connectivity index (χ0) is 28.1. The van der Waals surface area contributed by atoms with Crippen LogP contribution in [0, 0.1) is 0 Å². The van der Waals surface area contributed by atoms with E-state index in [4.69, 9.17) is 4.98 Å². The summed E-state index contributed by atoms with van der Waals surface area (Å²) in [5, 5.41) is 18.5. The normalized spacial score (nSPS) is 15.6. The SMILES string of the molecule is CCc1cc(O)ccc1-c1ccc2c(-c3nc4c([nH]3)CN(C(=O)c3cnc(N5CCN(C)CC5)cn3)C4)n[nH]c2c1. The lowest BCUT2D eigenvalue weighted by Gasteiger charge is -2.32. The topological polar surface area (TPSA) is 130 Å². The minimum atomic E-state index is -0.159. The van der Waals surface area contributed by atoms with Crippen LogP contribution in [-0.2, 0) is 19.5 Å². The second kappa shape index (κ2) is 10.0. The summed E-state index contributed by atoms with van der Waals surface area (Å²) >= 11 is 0. The minimum absolute atomic E-state index is 0.159. The highest BCUT2D eigenvalue weighted by Crippen LogP contribution is 2.33. The lowest BCUT2D eigenvalue weighted by atomic mass is 9.97. The number of rotatable bonds is 5. The van der Waals surface area contributed by atoms with Crippen LogP contribution in [0.5, 0.6) is 5.75 Å². The van der Waals surface area contributed by atoms with Crippen LogP contribution in [-0.4, -0.2) is 84.2 Å². The fourth-order valence-electron chi connectivity index (χ4n) is 5.70. The number of imidazole rings is 1. The Bertz CT molecular complexity index is 1730. The average molecular weight is 550 g/mol. The van der Waals surface area contributed by atoms with Crippen LogP contribution in [0.3, 0.4) is 0 Å². The van der Waals surface area contributed by atoms with Crippen LogP contribution >= 0.6 is 0 Å². The smallest absolute Gasteiger partial charge is 0.274 e. The largest absolute Gasteiger partial charge is 0.508 e. The van der Waals surface area contributed by atoms with Gasteiger partial charge in [-0.25, -0.2) is 15.0 Å². The predicted molar refractivity (Wildman–Crippen MR) is 155 cm³/mol. The number of benzene rings is 2. The van der Waals surface area contributed by atoms with Gasteiger partial charge in [-0.1, -0.05) is 19.1 Å². The number of aromatic hydroxyl groups is 1. The molecule has 3 N–H and O–H groups in total. The number of hydrogen-bond acceptors (Lipinski definition) is 8. The second-order valence-corrected chi connectivity index (χ2v) is 10.7. The maximum atomic E-state index is 13.2. The molecule has 5 aromatic rings. The minimum Gasteiger partial charge on any atom is -0.508 e. The quantitative estimate of drug-likeness (QED) is 0.303. The molecule has 2 aliphatic rings. The average Bonchev–Trinajstić information content (AvgIpc) is 3.70. The molecule has 0 aliphatic carbocycles. The van der Waals surface area contributed by atoms with Crippen molar-refractivity contribution < 1.29 is 9.90 Å². The van der Waals surface area contributed by atoms with E-state index in [1.165, 1.54) is 0 Å². The molecule has 0 bridgehead atoms. The Morgan fingerprint density at radius 2 is 1.88 bits per heavy atom. The van der Waals surface area contributed by atoms with Crippen molar-refractivity contribution in [1.29, 1.82) is 0 Å². The van der Waals surface area contributed by atoms with Gasteiger partial charge in [-0.2, -0.15) is 5.10 Å². The summed E-state index contributed by atoms with van der Waals surface area (Å²) in [7, 11) is 2.11. The molecule has 2 aliphatic heterocycles. The van der Waals surface area contributed by atoms with Crippen molar-refractivity contribution in [2.24, 2.45) is 0 Å². The van der Waals surface area contributed by atoms with Crippen molar-refractivity contribution in [1.82, 2.24) is 39.9 Å². The molecule has 7 rings (SSSR count). The Balaban J connectivity index is 1.06. The van der Waals surface area contributed by atoms with Crippen LogP contribution in [0.1, 0.15) is 34.4 Å². The maximum Gasteiger partial charge on any atom is 0.274 e. The maximum absolute atomic E-state index is 13.2. The molecular formula is C30H31N9O2. The van der Waals surface area contributed by atoms with Gasteiger partial charge in [0.1, 0.15) is 23.0 Å². The molecule has 11 heteroatoms. The Labute approximate surface area is 236 Å². The van der Waals surface area contributed by atoms with Gasteiger partial charge in [-0.05, 0) is 54.4 Å². The molecular weight excluding hydrogens is 518 g/mol. The first kappa shape index (κ1) is 25.2. The number of H-pyrrole nitrogens is 2. The number of fused-ring (bicyclic) bond motifs is 2. The highest BCUT2D eigenvalue weighted by molar-refractivity contribution is 5.94. The van der Waals surface area contributed by atoms with E-state index in [0.717, 1.165) is 83.1 Å². The lowest BCUT2D eigenvalue weighted by Crippen LogP contribution is -2.44. The molecule has 1 fully saturated rings. The number of phenolic OH excluding ortho intramolecular Hbond substituents is 1. The summed E-state index contributed by atoms with van der Waals surface area (Å²) in [6, 6.07) is 11.7. The third-order valence-electron chi connectivity index (χ3n) is 8.09. The van der Waals surface area contributed by atoms with Crippen molar-refractivity contribution in [3.05, 3.63) is 71.4 Å². The third-order valence-corrected chi connectivity index (χ3v) is 8.09. The number of phenols is 1. The summed E-state index contributed by atoms with van der Waals surface area (Å²) in [5.74, 6) is 1.60. The van der Waals surface area contributed by atoms with E-state index in [0.29, 0.717) is 24.6 Å². The molecule has 11 nitrogen and oxygen atoms in total. The van der Waals surface area contributed by atoms with Crippen molar-refractivity contribution in [3.8, 4) is 28.4 Å². The monoisotopic (exact) mass is 549 g/mol. The van der Waals surface area contributed by atoms with Gasteiger partial charge >= 0.3 is 0 Å². The summed E-state index contributed by atoms with van der Waals surface area (Å²) in [5.41, 5.74) is 6.94. The first-order chi connectivity index (χ1) is 20.0. The van der Waals surface area contributed by atoms with Gasteiger partial charge in [0.2, 0.25) is 0 Å². The summed E-state index contributed by atoms with van der Waals surface area (Å²) < 4.78 is 0. The third kappa shape index (κ3) is 4.57. The van der Waals surface area contributed by atoms with Crippen LogP contribution < -0.4 is 4.90 Å². The summed E-state index contributed by atoms with van der Waals surface area (Å²) in [6.07, 6.45) is 4.10. The highest BCUT2D eigenvalue weighted by Gasteiger charge is 2.29. The molecule has 41 heavy (non-hydrogen) atoms. The van der Waals surface area contributed by atoms with Crippen molar-refractivity contribution in [2.75, 3.05) is 38.1 Å². The Kier molecular flexibility index (Phi) is 6.15. The molecule has 0 saturated carbocycles. The molecule has 208 valence electrons. The summed E-state index contributed by atoms with van der Waals surface area (Å²) in [4.78, 5) is 36.5. The van der Waals surface area contributed by atoms with E-state index in [9.17, 15) is 9.90 Å². The predicted octanol–water partition coefficient (Wildman–Crippen LogP) is 3.59. The number of amides is 1. The molecule has 1 amide bonds. The second-order valence-electron chi connectivity index (χ2n) is 10.7. The fraction of sp³-hybridized carbons (Fsp3) is 0.300. The fourth-order valence-corrected chi connectivity index (χ4v) is 5.70. The Hall–Kier alpha value is -4.77. The molecule has 2 aromatic carbocycles. The van der Waals surface area contributed by atoms with Crippen LogP contribution in [0.15, 0.2) is 48.8 Å². The standard InChI is InChI=1S/C30H31N9O2/c1-3-18-12-20(40)5-7-21(18)19-4-6-22-23(13-19)35-36-28(22)29-33-25-16-39(17-26(25)34-29)30(41)24-14-32-27(15-31-24)38-10-8-37(2)9-11-38/h4-7,12-15,40H,3,8-11,16-17H2,1-2H3,(H,33,34)(H,35,36). The molecule has 0 unspecified atom stereocenters. The number of piperazine rings is 1. The molecule has 3 aromatic heterocycles. The van der Waals surface area contributed by atoms with E-state index in [1.807, 2.05) is 18.2 Å². The summed E-state index contributed by atoms with van der Waals surface area (Å²) in [6.45, 7) is 6.68. The number of anilines is 1. The number of carbonyl (C=O) groups is 1. The number of nitrogens with zero attached hydrogens (tertiary/aromatic N) is 7. The Morgan fingerprint density at radius 1 is 1.02 bits per heavy atom. The van der Waals surface area contributed by atoms with Gasteiger partial charge in [0.05, 0.1) is 42.4 Å². The number of carbonyl (C=O) groups excluding carboxylic acids is 1. The first-order valence-corrected chi connectivity index (χ1v) is 13.9. The van der Waals surface area contributed by atoms with E-state index in [1.54, 1.807) is 23.4 Å². The lowest BCUT2D eigenvalue weighted by molar-refractivity contribution is 0.0742. The number of hydrogen-bond donors (Lipinski definition) is 3. The van der Waals surface area contributed by atoms with Crippen molar-refractivity contribution in [2.45, 2.75) is 26.4 Å². The molecule has 0 radical (unpaired) electrons. The number of aromatic nitrogens is 6. The van der Waals surface area contributed by atoms with Gasteiger partial charge < -0.3 is 24.8 Å². The van der Waals surface area contributed by atoms with E-state index >= 15 is 0 Å².